The standard InChI is InChI=1S/C20H20N2O7S/c1-30(27,28)18-10-9-14(11-17(18)22(25)26)20(24)29-12-19(23)21-16-8-4-6-13-5-2-3-7-15(13)16/h2-3,5,7,9-11,16H,4,6,8,12H2,1H3,(H,21,23)/t16-/m0/s1. The van der Waals surface area contributed by atoms with Gasteiger partial charge in [-0.05, 0) is 42.5 Å². The summed E-state index contributed by atoms with van der Waals surface area (Å²) in [5.74, 6) is -1.45. The lowest BCUT2D eigenvalue weighted by atomic mass is 9.88. The topological polar surface area (TPSA) is 133 Å². The lowest BCUT2D eigenvalue weighted by molar-refractivity contribution is -0.387. The number of nitro groups is 1. The van der Waals surface area contributed by atoms with Crippen LogP contribution in [0.1, 0.15) is 40.4 Å². The van der Waals surface area contributed by atoms with Crippen LogP contribution < -0.4 is 5.32 Å². The van der Waals surface area contributed by atoms with E-state index in [1.807, 2.05) is 24.3 Å². The molecule has 0 spiro atoms. The summed E-state index contributed by atoms with van der Waals surface area (Å²) in [4.78, 5) is 34.2. The van der Waals surface area contributed by atoms with E-state index in [-0.39, 0.29) is 11.6 Å². The number of nitrogens with one attached hydrogen (secondary N) is 1. The van der Waals surface area contributed by atoms with Crippen LogP contribution in [0.5, 0.6) is 0 Å². The van der Waals surface area contributed by atoms with Gasteiger partial charge in [-0.1, -0.05) is 24.3 Å². The first-order chi connectivity index (χ1) is 14.2. The number of carbonyl (C=O) groups is 2. The number of aryl methyl sites for hydroxylation is 1. The van der Waals surface area contributed by atoms with Gasteiger partial charge in [0.2, 0.25) is 0 Å². The zero-order valence-corrected chi connectivity index (χ0v) is 17.0. The fourth-order valence-corrected chi connectivity index (χ4v) is 4.28. The van der Waals surface area contributed by atoms with Gasteiger partial charge >= 0.3 is 5.97 Å². The molecular formula is C20H20N2O7S. The predicted molar refractivity (Wildman–Crippen MR) is 107 cm³/mol. The second kappa shape index (κ2) is 8.62. The molecule has 158 valence electrons. The molecule has 1 amide bonds. The number of ether oxygens (including phenoxy) is 1. The Labute approximate surface area is 173 Å². The van der Waals surface area contributed by atoms with Crippen molar-refractivity contribution in [3.63, 3.8) is 0 Å². The minimum atomic E-state index is -3.85. The van der Waals surface area contributed by atoms with E-state index in [0.29, 0.717) is 0 Å². The Morgan fingerprint density at radius 1 is 1.23 bits per heavy atom. The molecule has 0 fully saturated rings. The highest BCUT2D eigenvalue weighted by molar-refractivity contribution is 7.90. The van der Waals surface area contributed by atoms with E-state index in [0.717, 1.165) is 49.3 Å². The normalized spacial score (nSPS) is 15.7. The Morgan fingerprint density at radius 2 is 1.97 bits per heavy atom. The number of esters is 1. The Bertz CT molecular complexity index is 1110. The molecule has 0 saturated carbocycles. The average molecular weight is 432 g/mol. The van der Waals surface area contributed by atoms with Crippen molar-refractivity contribution in [2.24, 2.45) is 0 Å². The van der Waals surface area contributed by atoms with Crippen LogP contribution in [0, 0.1) is 10.1 Å². The number of amides is 1. The van der Waals surface area contributed by atoms with Crippen molar-refractivity contribution >= 4 is 27.4 Å². The van der Waals surface area contributed by atoms with Gasteiger partial charge in [0.25, 0.3) is 11.6 Å². The van der Waals surface area contributed by atoms with E-state index >= 15 is 0 Å². The highest BCUT2D eigenvalue weighted by Gasteiger charge is 2.25. The summed E-state index contributed by atoms with van der Waals surface area (Å²) in [7, 11) is -3.85. The summed E-state index contributed by atoms with van der Waals surface area (Å²) in [5, 5.41) is 14.0. The summed E-state index contributed by atoms with van der Waals surface area (Å²) >= 11 is 0. The van der Waals surface area contributed by atoms with Crippen molar-refractivity contribution in [3.05, 3.63) is 69.3 Å². The molecule has 0 unspecified atom stereocenters. The third-order valence-electron chi connectivity index (χ3n) is 4.83. The maximum Gasteiger partial charge on any atom is 0.338 e. The van der Waals surface area contributed by atoms with Crippen LogP contribution in [0.25, 0.3) is 0 Å². The maximum atomic E-state index is 12.2. The molecular weight excluding hydrogens is 412 g/mol. The number of sulfone groups is 1. The molecule has 0 aliphatic heterocycles. The summed E-state index contributed by atoms with van der Waals surface area (Å²) in [6, 6.07) is 10.6. The molecule has 2 aromatic rings. The van der Waals surface area contributed by atoms with Crippen molar-refractivity contribution in [1.29, 1.82) is 0 Å². The predicted octanol–water partition coefficient (Wildman–Crippen LogP) is 2.35. The molecule has 0 aromatic heterocycles. The molecule has 0 saturated heterocycles. The first-order valence-corrected chi connectivity index (χ1v) is 11.1. The maximum absolute atomic E-state index is 12.2. The molecule has 0 bridgehead atoms. The van der Waals surface area contributed by atoms with Gasteiger partial charge in [0.1, 0.15) is 4.90 Å². The number of benzene rings is 2. The Kier molecular flexibility index (Phi) is 6.16. The van der Waals surface area contributed by atoms with Gasteiger partial charge in [0.05, 0.1) is 16.5 Å². The number of hydrogen-bond donors (Lipinski definition) is 1. The van der Waals surface area contributed by atoms with Gasteiger partial charge in [-0.25, -0.2) is 13.2 Å². The number of rotatable bonds is 6. The summed E-state index contributed by atoms with van der Waals surface area (Å²) in [5.41, 5.74) is 1.26. The average Bonchev–Trinajstić information content (AvgIpc) is 2.71. The SMILES string of the molecule is CS(=O)(=O)c1ccc(C(=O)OCC(=O)N[C@H]2CCCc3ccccc32)cc1[N+](=O)[O-]. The number of carbonyl (C=O) groups excluding carboxylic acids is 2. The van der Waals surface area contributed by atoms with E-state index < -0.39 is 43.8 Å². The first kappa shape index (κ1) is 21.4. The van der Waals surface area contributed by atoms with Gasteiger partial charge in [-0.15, -0.1) is 0 Å². The molecule has 9 nitrogen and oxygen atoms in total. The third-order valence-corrected chi connectivity index (χ3v) is 5.97. The van der Waals surface area contributed by atoms with E-state index in [4.69, 9.17) is 4.74 Å². The highest BCUT2D eigenvalue weighted by atomic mass is 32.2. The molecule has 2 aromatic carbocycles. The van der Waals surface area contributed by atoms with Gasteiger partial charge in [0.15, 0.2) is 16.4 Å². The fourth-order valence-electron chi connectivity index (χ4n) is 3.45. The summed E-state index contributed by atoms with van der Waals surface area (Å²) in [6.07, 6.45) is 3.48. The van der Waals surface area contributed by atoms with E-state index in [2.05, 4.69) is 5.32 Å². The molecule has 1 atom stereocenters. The van der Waals surface area contributed by atoms with E-state index in [1.54, 1.807) is 0 Å². The van der Waals surface area contributed by atoms with Gasteiger partial charge in [-0.3, -0.25) is 14.9 Å². The van der Waals surface area contributed by atoms with E-state index in [1.165, 1.54) is 5.56 Å². The number of hydrogen-bond acceptors (Lipinski definition) is 7. The molecule has 1 N–H and O–H groups in total. The zero-order chi connectivity index (χ0) is 21.9. The first-order valence-electron chi connectivity index (χ1n) is 9.19. The van der Waals surface area contributed by atoms with Crippen LogP contribution >= 0.6 is 0 Å². The third kappa shape index (κ3) is 4.82. The monoisotopic (exact) mass is 432 g/mol. The largest absolute Gasteiger partial charge is 0.452 e. The van der Waals surface area contributed by atoms with Crippen LogP contribution in [0.15, 0.2) is 47.4 Å². The van der Waals surface area contributed by atoms with Crippen LogP contribution in [0.4, 0.5) is 5.69 Å². The van der Waals surface area contributed by atoms with Crippen molar-refractivity contribution in [2.75, 3.05) is 12.9 Å². The van der Waals surface area contributed by atoms with E-state index in [9.17, 15) is 28.1 Å². The molecule has 0 radical (unpaired) electrons. The summed E-state index contributed by atoms with van der Waals surface area (Å²) < 4.78 is 28.3. The van der Waals surface area contributed by atoms with Crippen molar-refractivity contribution in [2.45, 2.75) is 30.2 Å². The van der Waals surface area contributed by atoms with Gasteiger partial charge < -0.3 is 10.1 Å². The number of nitrogens with zero attached hydrogens (tertiary/aromatic N) is 1. The quantitative estimate of drug-likeness (QED) is 0.421. The molecule has 10 heteroatoms. The summed E-state index contributed by atoms with van der Waals surface area (Å²) in [6.45, 7) is -0.556. The highest BCUT2D eigenvalue weighted by Crippen LogP contribution is 2.29. The zero-order valence-electron chi connectivity index (χ0n) is 16.2. The second-order valence-electron chi connectivity index (χ2n) is 7.00. The van der Waals surface area contributed by atoms with Crippen molar-refractivity contribution < 1.29 is 27.7 Å². The lowest BCUT2D eigenvalue weighted by Gasteiger charge is -2.26. The van der Waals surface area contributed by atoms with Crippen LogP contribution in [-0.2, 0) is 25.8 Å². The minimum absolute atomic E-state index is 0.170. The molecule has 3 rings (SSSR count). The molecule has 0 heterocycles. The molecule has 1 aliphatic rings. The smallest absolute Gasteiger partial charge is 0.338 e. The molecule has 1 aliphatic carbocycles. The fraction of sp³-hybridized carbons (Fsp3) is 0.300. The second-order valence-corrected chi connectivity index (χ2v) is 8.98. The van der Waals surface area contributed by atoms with Crippen molar-refractivity contribution in [1.82, 2.24) is 5.32 Å². The molecule has 30 heavy (non-hydrogen) atoms. The van der Waals surface area contributed by atoms with Gasteiger partial charge in [-0.2, -0.15) is 0 Å². The number of nitro benzene ring substituents is 1. The van der Waals surface area contributed by atoms with Crippen LogP contribution in [0.3, 0.4) is 0 Å². The Morgan fingerprint density at radius 3 is 2.67 bits per heavy atom. The van der Waals surface area contributed by atoms with Crippen molar-refractivity contribution in [3.8, 4) is 0 Å². The minimum Gasteiger partial charge on any atom is -0.452 e. The van der Waals surface area contributed by atoms with Crippen LogP contribution in [0.2, 0.25) is 0 Å². The van der Waals surface area contributed by atoms with Crippen LogP contribution in [-0.4, -0.2) is 38.1 Å². The Hall–Kier alpha value is -3.27. The lowest BCUT2D eigenvalue weighted by Crippen LogP contribution is -2.34. The van der Waals surface area contributed by atoms with Gasteiger partial charge in [0, 0.05) is 12.3 Å². The Balaban J connectivity index is 1.65. The number of fused-ring (bicyclic) bond motifs is 1.